The van der Waals surface area contributed by atoms with Crippen molar-refractivity contribution in [3.8, 4) is 17.3 Å². The number of amides is 1. The van der Waals surface area contributed by atoms with Gasteiger partial charge in [-0.3, -0.25) is 4.79 Å². The van der Waals surface area contributed by atoms with Crippen LogP contribution in [0, 0.1) is 20.8 Å². The molecular weight excluding hydrogens is 490 g/mol. The SMILES string of the molecule is Cc1ccc(-n2ncc3c(-n4nc(C)cc4NC(=O)C(C)(C)Oc4ccc(Cl)cc4)ncnc32)c(C)c1. The van der Waals surface area contributed by atoms with Crippen molar-refractivity contribution in [1.29, 1.82) is 0 Å². The highest BCUT2D eigenvalue weighted by molar-refractivity contribution is 6.30. The molecule has 0 spiro atoms. The van der Waals surface area contributed by atoms with Crippen molar-refractivity contribution < 1.29 is 9.53 Å². The van der Waals surface area contributed by atoms with Crippen LogP contribution in [0.3, 0.4) is 0 Å². The maximum Gasteiger partial charge on any atom is 0.269 e. The van der Waals surface area contributed by atoms with Gasteiger partial charge in [0.25, 0.3) is 5.91 Å². The highest BCUT2D eigenvalue weighted by Crippen LogP contribution is 2.27. The lowest BCUT2D eigenvalue weighted by molar-refractivity contribution is -0.128. The fourth-order valence-electron chi connectivity index (χ4n) is 4.08. The van der Waals surface area contributed by atoms with Crippen molar-refractivity contribution >= 4 is 34.4 Å². The largest absolute Gasteiger partial charge is 0.478 e. The number of anilines is 1. The Morgan fingerprint density at radius 2 is 1.76 bits per heavy atom. The summed E-state index contributed by atoms with van der Waals surface area (Å²) in [4.78, 5) is 22.2. The van der Waals surface area contributed by atoms with Gasteiger partial charge < -0.3 is 10.1 Å². The Labute approximate surface area is 219 Å². The number of nitrogens with one attached hydrogen (secondary N) is 1. The number of hydrogen-bond acceptors (Lipinski definition) is 6. The molecule has 10 heteroatoms. The number of halogens is 1. The van der Waals surface area contributed by atoms with Crippen molar-refractivity contribution in [2.45, 2.75) is 40.2 Å². The Morgan fingerprint density at radius 1 is 1.00 bits per heavy atom. The summed E-state index contributed by atoms with van der Waals surface area (Å²) in [7, 11) is 0. The number of aryl methyl sites for hydroxylation is 3. The number of benzene rings is 2. The fourth-order valence-corrected chi connectivity index (χ4v) is 4.21. The molecule has 3 heterocycles. The number of ether oxygens (including phenoxy) is 1. The maximum absolute atomic E-state index is 13.3. The third-order valence-corrected chi connectivity index (χ3v) is 6.18. The van der Waals surface area contributed by atoms with Gasteiger partial charge in [0, 0.05) is 11.1 Å². The van der Waals surface area contributed by atoms with Crippen LogP contribution in [-0.4, -0.2) is 41.0 Å². The predicted molar refractivity (Wildman–Crippen MR) is 143 cm³/mol. The molecule has 0 radical (unpaired) electrons. The van der Waals surface area contributed by atoms with Gasteiger partial charge in [-0.05, 0) is 70.5 Å². The average molecular weight is 516 g/mol. The molecule has 0 unspecified atom stereocenters. The van der Waals surface area contributed by atoms with E-state index in [0.29, 0.717) is 39.1 Å². The van der Waals surface area contributed by atoms with E-state index in [4.69, 9.17) is 16.3 Å². The first kappa shape index (κ1) is 24.5. The van der Waals surface area contributed by atoms with Gasteiger partial charge >= 0.3 is 0 Å². The third kappa shape index (κ3) is 4.77. The highest BCUT2D eigenvalue weighted by atomic mass is 35.5. The van der Waals surface area contributed by atoms with E-state index in [-0.39, 0.29) is 5.91 Å². The van der Waals surface area contributed by atoms with Crippen LogP contribution in [0.2, 0.25) is 5.02 Å². The van der Waals surface area contributed by atoms with E-state index in [1.54, 1.807) is 59.7 Å². The lowest BCUT2D eigenvalue weighted by atomic mass is 10.1. The van der Waals surface area contributed by atoms with Gasteiger partial charge in [0.2, 0.25) is 0 Å². The molecule has 0 atom stereocenters. The number of carbonyl (C=O) groups excluding carboxylic acids is 1. The summed E-state index contributed by atoms with van der Waals surface area (Å²) in [5, 5.41) is 13.4. The Morgan fingerprint density at radius 3 is 2.49 bits per heavy atom. The minimum atomic E-state index is -1.17. The normalized spacial score (nSPS) is 11.6. The van der Waals surface area contributed by atoms with Gasteiger partial charge in [-0.2, -0.15) is 14.9 Å². The zero-order chi connectivity index (χ0) is 26.3. The van der Waals surface area contributed by atoms with Gasteiger partial charge in [0.1, 0.15) is 17.9 Å². The zero-order valence-electron chi connectivity index (χ0n) is 21.2. The second-order valence-corrected chi connectivity index (χ2v) is 9.82. The molecule has 0 saturated carbocycles. The van der Waals surface area contributed by atoms with E-state index in [9.17, 15) is 4.79 Å². The first-order valence-electron chi connectivity index (χ1n) is 11.7. The number of rotatable bonds is 6. The van der Waals surface area contributed by atoms with Crippen molar-refractivity contribution in [3.63, 3.8) is 0 Å². The molecule has 3 aromatic heterocycles. The van der Waals surface area contributed by atoms with Crippen molar-refractivity contribution in [2.75, 3.05) is 5.32 Å². The minimum absolute atomic E-state index is 0.347. The molecule has 188 valence electrons. The van der Waals surface area contributed by atoms with E-state index in [1.807, 2.05) is 26.0 Å². The monoisotopic (exact) mass is 515 g/mol. The standard InChI is InChI=1S/C27H26ClN7O2/c1-16-6-11-22(17(2)12-16)34-24-21(14-31-34)25(30-15-29-24)35-23(13-18(3)33-35)32-26(36)27(4,5)37-20-9-7-19(28)8-10-20/h6-15H,1-5H3,(H,32,36). The van der Waals surface area contributed by atoms with Crippen LogP contribution >= 0.6 is 11.6 Å². The summed E-state index contributed by atoms with van der Waals surface area (Å²) in [6.07, 6.45) is 3.18. The molecule has 5 rings (SSSR count). The second-order valence-electron chi connectivity index (χ2n) is 9.38. The van der Waals surface area contributed by atoms with Crippen LogP contribution in [-0.2, 0) is 4.79 Å². The topological polar surface area (TPSA) is 99.8 Å². The molecule has 0 fully saturated rings. The first-order chi connectivity index (χ1) is 17.6. The zero-order valence-corrected chi connectivity index (χ0v) is 21.9. The Bertz CT molecular complexity index is 1620. The summed E-state index contributed by atoms with van der Waals surface area (Å²) in [6, 6.07) is 14.8. The quantitative estimate of drug-likeness (QED) is 0.326. The van der Waals surface area contributed by atoms with Crippen LogP contribution in [0.25, 0.3) is 22.5 Å². The summed E-state index contributed by atoms with van der Waals surface area (Å²) in [6.45, 7) is 9.33. The van der Waals surface area contributed by atoms with E-state index >= 15 is 0 Å². The average Bonchev–Trinajstić information content (AvgIpc) is 3.43. The second kappa shape index (κ2) is 9.33. The third-order valence-electron chi connectivity index (χ3n) is 5.93. The van der Waals surface area contributed by atoms with Crippen molar-refractivity contribution in [2.24, 2.45) is 0 Å². The molecule has 9 nitrogen and oxygen atoms in total. The van der Waals surface area contributed by atoms with Gasteiger partial charge in [0.15, 0.2) is 17.1 Å². The van der Waals surface area contributed by atoms with Gasteiger partial charge in [-0.15, -0.1) is 0 Å². The maximum atomic E-state index is 13.3. The number of aromatic nitrogens is 6. The summed E-state index contributed by atoms with van der Waals surface area (Å²) < 4.78 is 9.32. The number of nitrogens with zero attached hydrogens (tertiary/aromatic N) is 6. The number of carbonyl (C=O) groups is 1. The Kier molecular flexibility index (Phi) is 6.16. The smallest absolute Gasteiger partial charge is 0.269 e. The Balaban J connectivity index is 1.49. The number of fused-ring (bicyclic) bond motifs is 1. The fraction of sp³-hybridized carbons (Fsp3) is 0.222. The number of hydrogen-bond donors (Lipinski definition) is 1. The lowest BCUT2D eigenvalue weighted by Crippen LogP contribution is -2.42. The molecule has 0 bridgehead atoms. The summed E-state index contributed by atoms with van der Waals surface area (Å²) >= 11 is 5.96. The van der Waals surface area contributed by atoms with Crippen LogP contribution in [0.5, 0.6) is 5.75 Å². The molecule has 0 aliphatic rings. The van der Waals surface area contributed by atoms with Crippen LogP contribution < -0.4 is 10.1 Å². The molecule has 37 heavy (non-hydrogen) atoms. The Hall–Kier alpha value is -4.24. The van der Waals surface area contributed by atoms with E-state index < -0.39 is 5.60 Å². The molecule has 0 aliphatic carbocycles. The molecule has 0 saturated heterocycles. The molecular formula is C27H26ClN7O2. The van der Waals surface area contributed by atoms with Crippen molar-refractivity contribution in [3.05, 3.63) is 82.9 Å². The molecule has 1 N–H and O–H groups in total. The van der Waals surface area contributed by atoms with Crippen molar-refractivity contribution in [1.82, 2.24) is 29.5 Å². The first-order valence-corrected chi connectivity index (χ1v) is 12.1. The predicted octanol–water partition coefficient (Wildman–Crippen LogP) is 5.38. The van der Waals surface area contributed by atoms with Crippen LogP contribution in [0.15, 0.2) is 61.1 Å². The molecule has 0 aliphatic heterocycles. The lowest BCUT2D eigenvalue weighted by Gasteiger charge is -2.25. The van der Waals surface area contributed by atoms with E-state index in [2.05, 4.69) is 38.5 Å². The molecule has 1 amide bonds. The highest BCUT2D eigenvalue weighted by Gasteiger charge is 2.31. The minimum Gasteiger partial charge on any atom is -0.478 e. The van der Waals surface area contributed by atoms with E-state index in [1.165, 1.54) is 11.9 Å². The van der Waals surface area contributed by atoms with Gasteiger partial charge in [0.05, 0.1) is 23.0 Å². The summed E-state index contributed by atoms with van der Waals surface area (Å²) in [5.74, 6) is 1.14. The van der Waals surface area contributed by atoms with Gasteiger partial charge in [-0.1, -0.05) is 29.3 Å². The molecule has 5 aromatic rings. The summed E-state index contributed by atoms with van der Waals surface area (Å²) in [5.41, 5.74) is 3.34. The van der Waals surface area contributed by atoms with Crippen LogP contribution in [0.4, 0.5) is 5.82 Å². The molecule has 2 aromatic carbocycles. The van der Waals surface area contributed by atoms with Gasteiger partial charge in [-0.25, -0.2) is 14.6 Å². The van der Waals surface area contributed by atoms with Crippen LogP contribution in [0.1, 0.15) is 30.7 Å². The van der Waals surface area contributed by atoms with E-state index in [0.717, 1.165) is 11.3 Å².